The highest BCUT2D eigenvalue weighted by Crippen LogP contribution is 2.35. The molecule has 1 N–H and O–H groups in total. The third kappa shape index (κ3) is 4.71. The summed E-state index contributed by atoms with van der Waals surface area (Å²) in [5.41, 5.74) is 5.14. The zero-order valence-corrected chi connectivity index (χ0v) is 19.9. The highest BCUT2D eigenvalue weighted by Gasteiger charge is 2.31. The van der Waals surface area contributed by atoms with Gasteiger partial charge in [0, 0.05) is 29.1 Å². The average Bonchev–Trinajstić information content (AvgIpc) is 3.42. The summed E-state index contributed by atoms with van der Waals surface area (Å²) in [6.45, 7) is 7.99. The molecule has 0 radical (unpaired) electrons. The minimum absolute atomic E-state index is 0.114. The quantitative estimate of drug-likeness (QED) is 0.565. The van der Waals surface area contributed by atoms with Crippen LogP contribution in [0.3, 0.4) is 0 Å². The maximum absolute atomic E-state index is 12.3. The summed E-state index contributed by atoms with van der Waals surface area (Å²) in [6.07, 6.45) is 0.817. The Labute approximate surface area is 196 Å². The van der Waals surface area contributed by atoms with Gasteiger partial charge in [-0.3, -0.25) is 0 Å². The first-order valence-electron chi connectivity index (χ1n) is 10.8. The standard InChI is InChI=1S/C24H26N4O4S/c1-5-31-22(29)21-20(33-13-26-21)12-28-18-7-6-14(11-25)8-16(18)17-9-15(10-19(17)28)27-23(30)32-24(2,3)4/h6-8,13,15H,5,9-10,12H2,1-4H3,(H,27,30)/t15-/m1/s1. The topological polar surface area (TPSA) is 106 Å². The largest absolute Gasteiger partial charge is 0.461 e. The Morgan fingerprint density at radius 3 is 2.82 bits per heavy atom. The van der Waals surface area contributed by atoms with E-state index in [-0.39, 0.29) is 12.6 Å². The Kier molecular flexibility index (Phi) is 6.13. The summed E-state index contributed by atoms with van der Waals surface area (Å²) >= 11 is 1.41. The average molecular weight is 467 g/mol. The molecule has 1 aliphatic carbocycles. The molecular weight excluding hydrogens is 440 g/mol. The molecule has 0 spiro atoms. The molecule has 0 fully saturated rings. The second kappa shape index (κ2) is 8.87. The first-order chi connectivity index (χ1) is 15.7. The molecule has 1 aromatic carbocycles. The van der Waals surface area contributed by atoms with Gasteiger partial charge in [-0.15, -0.1) is 11.3 Å². The van der Waals surface area contributed by atoms with Crippen LogP contribution in [0.2, 0.25) is 0 Å². The number of hydrogen-bond donors (Lipinski definition) is 1. The normalized spacial score (nSPS) is 15.2. The van der Waals surface area contributed by atoms with E-state index >= 15 is 0 Å². The van der Waals surface area contributed by atoms with Crippen molar-refractivity contribution in [1.82, 2.24) is 14.9 Å². The molecule has 2 aromatic heterocycles. The third-order valence-corrected chi connectivity index (χ3v) is 6.26. The smallest absolute Gasteiger partial charge is 0.407 e. The number of nitrogens with one attached hydrogen (secondary N) is 1. The lowest BCUT2D eigenvalue weighted by atomic mass is 10.1. The summed E-state index contributed by atoms with van der Waals surface area (Å²) in [7, 11) is 0. The van der Waals surface area contributed by atoms with Crippen LogP contribution in [0.4, 0.5) is 4.79 Å². The molecule has 0 unspecified atom stereocenters. The number of aromatic nitrogens is 2. The van der Waals surface area contributed by atoms with Crippen molar-refractivity contribution in [3.05, 3.63) is 51.1 Å². The highest BCUT2D eigenvalue weighted by atomic mass is 32.1. The zero-order chi connectivity index (χ0) is 23.8. The van der Waals surface area contributed by atoms with Gasteiger partial charge in [0.2, 0.25) is 0 Å². The number of rotatable bonds is 5. The maximum atomic E-state index is 12.3. The van der Waals surface area contributed by atoms with E-state index in [0.717, 1.165) is 27.0 Å². The molecule has 8 nitrogen and oxygen atoms in total. The van der Waals surface area contributed by atoms with Gasteiger partial charge in [0.25, 0.3) is 0 Å². The van der Waals surface area contributed by atoms with Crippen LogP contribution in [0.5, 0.6) is 0 Å². The molecule has 1 aliphatic rings. The van der Waals surface area contributed by atoms with E-state index in [2.05, 4.69) is 20.9 Å². The lowest BCUT2D eigenvalue weighted by Crippen LogP contribution is -2.39. The summed E-state index contributed by atoms with van der Waals surface area (Å²) in [5.74, 6) is -0.432. The fraction of sp³-hybridized carbons (Fsp3) is 0.417. The second-order valence-electron chi connectivity index (χ2n) is 8.95. The van der Waals surface area contributed by atoms with Gasteiger partial charge in [0.05, 0.1) is 35.2 Å². The fourth-order valence-electron chi connectivity index (χ4n) is 4.21. The van der Waals surface area contributed by atoms with E-state index < -0.39 is 17.7 Å². The number of esters is 1. The van der Waals surface area contributed by atoms with Gasteiger partial charge in [-0.25, -0.2) is 14.6 Å². The van der Waals surface area contributed by atoms with Crippen molar-refractivity contribution in [2.24, 2.45) is 0 Å². The molecule has 0 bridgehead atoms. The first kappa shape index (κ1) is 22.8. The molecule has 172 valence electrons. The zero-order valence-electron chi connectivity index (χ0n) is 19.1. The Morgan fingerprint density at radius 2 is 2.12 bits per heavy atom. The number of amides is 1. The van der Waals surface area contributed by atoms with E-state index in [1.807, 2.05) is 32.9 Å². The van der Waals surface area contributed by atoms with Crippen molar-refractivity contribution in [1.29, 1.82) is 5.26 Å². The molecule has 33 heavy (non-hydrogen) atoms. The summed E-state index contributed by atoms with van der Waals surface area (Å²) in [4.78, 5) is 29.7. The number of ether oxygens (including phenoxy) is 2. The van der Waals surface area contributed by atoms with Crippen LogP contribution in [0, 0.1) is 11.3 Å². The van der Waals surface area contributed by atoms with Gasteiger partial charge in [0.15, 0.2) is 5.69 Å². The Balaban J connectivity index is 1.68. The summed E-state index contributed by atoms with van der Waals surface area (Å²) in [6, 6.07) is 7.71. The number of nitriles is 1. The number of fused-ring (bicyclic) bond motifs is 3. The highest BCUT2D eigenvalue weighted by molar-refractivity contribution is 7.09. The monoisotopic (exact) mass is 466 g/mol. The minimum atomic E-state index is -0.575. The predicted molar refractivity (Wildman–Crippen MR) is 124 cm³/mol. The van der Waals surface area contributed by atoms with Gasteiger partial charge in [-0.1, -0.05) is 0 Å². The molecule has 1 amide bonds. The van der Waals surface area contributed by atoms with Crippen LogP contribution < -0.4 is 5.32 Å². The van der Waals surface area contributed by atoms with Gasteiger partial charge in [-0.2, -0.15) is 5.26 Å². The number of hydrogen-bond acceptors (Lipinski definition) is 7. The SMILES string of the molecule is CCOC(=O)c1ncsc1Cn1c2c(c3cc(C#N)ccc31)C[C@@H](NC(=O)OC(C)(C)C)C2. The van der Waals surface area contributed by atoms with E-state index in [1.165, 1.54) is 11.3 Å². The minimum Gasteiger partial charge on any atom is -0.461 e. The van der Waals surface area contributed by atoms with Gasteiger partial charge >= 0.3 is 12.1 Å². The summed E-state index contributed by atoms with van der Waals surface area (Å²) < 4.78 is 12.7. The lowest BCUT2D eigenvalue weighted by molar-refractivity contribution is 0.0500. The lowest BCUT2D eigenvalue weighted by Gasteiger charge is -2.22. The number of thiazole rings is 1. The van der Waals surface area contributed by atoms with Gasteiger partial charge in [0.1, 0.15) is 5.60 Å². The van der Waals surface area contributed by atoms with Crippen molar-refractivity contribution < 1.29 is 19.1 Å². The van der Waals surface area contributed by atoms with Gasteiger partial charge < -0.3 is 19.4 Å². The number of alkyl carbamates (subject to hydrolysis) is 1. The fourth-order valence-corrected chi connectivity index (χ4v) is 4.95. The number of benzene rings is 1. The van der Waals surface area contributed by atoms with Crippen molar-refractivity contribution in [2.45, 2.75) is 58.7 Å². The first-order valence-corrected chi connectivity index (χ1v) is 11.7. The molecule has 4 rings (SSSR count). The molecule has 0 saturated carbocycles. The van der Waals surface area contributed by atoms with Crippen LogP contribution in [0.15, 0.2) is 23.7 Å². The molecule has 3 aromatic rings. The molecule has 0 aliphatic heterocycles. The van der Waals surface area contributed by atoms with Gasteiger partial charge in [-0.05, 0) is 57.9 Å². The predicted octanol–water partition coefficient (Wildman–Crippen LogP) is 4.19. The van der Waals surface area contributed by atoms with Crippen LogP contribution in [0.1, 0.15) is 59.9 Å². The van der Waals surface area contributed by atoms with Crippen molar-refractivity contribution >= 4 is 34.3 Å². The van der Waals surface area contributed by atoms with Crippen LogP contribution >= 0.6 is 11.3 Å². The maximum Gasteiger partial charge on any atom is 0.407 e. The van der Waals surface area contributed by atoms with E-state index in [9.17, 15) is 14.9 Å². The molecule has 1 atom stereocenters. The molecule has 2 heterocycles. The Hall–Kier alpha value is -3.38. The van der Waals surface area contributed by atoms with Crippen molar-refractivity contribution in [3.8, 4) is 6.07 Å². The molecule has 0 saturated heterocycles. The molecular formula is C24H26N4O4S. The Bertz CT molecular complexity index is 1260. The van der Waals surface area contributed by atoms with Crippen LogP contribution in [-0.4, -0.2) is 39.9 Å². The third-order valence-electron chi connectivity index (χ3n) is 5.44. The van der Waals surface area contributed by atoms with Crippen LogP contribution in [0.25, 0.3) is 10.9 Å². The summed E-state index contributed by atoms with van der Waals surface area (Å²) in [5, 5.41) is 13.4. The number of carbonyl (C=O) groups excluding carboxylic acids is 2. The van der Waals surface area contributed by atoms with E-state index in [0.29, 0.717) is 30.6 Å². The Morgan fingerprint density at radius 1 is 1.33 bits per heavy atom. The van der Waals surface area contributed by atoms with Crippen molar-refractivity contribution in [2.75, 3.05) is 6.61 Å². The van der Waals surface area contributed by atoms with E-state index in [4.69, 9.17) is 9.47 Å². The number of nitrogens with zero attached hydrogens (tertiary/aromatic N) is 3. The van der Waals surface area contributed by atoms with Crippen LogP contribution in [-0.2, 0) is 28.9 Å². The van der Waals surface area contributed by atoms with Crippen molar-refractivity contribution in [3.63, 3.8) is 0 Å². The van der Waals surface area contributed by atoms with E-state index in [1.54, 1.807) is 18.5 Å². The second-order valence-corrected chi connectivity index (χ2v) is 9.89. The molecule has 9 heteroatoms. The number of carbonyl (C=O) groups is 2.